The van der Waals surface area contributed by atoms with Crippen LogP contribution in [-0.2, 0) is 4.74 Å². The van der Waals surface area contributed by atoms with Crippen LogP contribution in [0.5, 0.6) is 0 Å². The van der Waals surface area contributed by atoms with E-state index < -0.39 is 12.1 Å². The smallest absolute Gasteiger partial charge is 0.340 e. The first-order valence-electron chi connectivity index (χ1n) is 5.93. The third kappa shape index (κ3) is 4.01. The largest absolute Gasteiger partial charge is 0.465 e. The quantitative estimate of drug-likeness (QED) is 0.639. The van der Waals surface area contributed by atoms with E-state index in [1.54, 1.807) is 24.9 Å². The lowest BCUT2D eigenvalue weighted by molar-refractivity contribution is 0.0601. The van der Waals surface area contributed by atoms with Crippen LogP contribution in [0.15, 0.2) is 12.1 Å². The van der Waals surface area contributed by atoms with E-state index in [0.29, 0.717) is 34.9 Å². The first kappa shape index (κ1) is 15.6. The van der Waals surface area contributed by atoms with E-state index in [2.05, 4.69) is 0 Å². The Kier molecular flexibility index (Phi) is 5.44. The molecule has 3 N–H and O–H groups in total. The molecule has 1 rings (SSSR count). The van der Waals surface area contributed by atoms with Crippen molar-refractivity contribution in [3.8, 4) is 0 Å². The van der Waals surface area contributed by atoms with Crippen LogP contribution in [0.1, 0.15) is 23.7 Å². The normalized spacial score (nSPS) is 12.1. The molecule has 0 spiro atoms. The third-order valence-electron chi connectivity index (χ3n) is 2.76. The second-order valence-corrected chi connectivity index (χ2v) is 4.86. The van der Waals surface area contributed by atoms with Gasteiger partial charge in [0.2, 0.25) is 0 Å². The number of esters is 1. The molecule has 1 aromatic rings. The summed E-state index contributed by atoms with van der Waals surface area (Å²) in [6.07, 6.45) is 0.147. The summed E-state index contributed by atoms with van der Waals surface area (Å²) in [5, 5.41) is 9.70. The lowest BCUT2D eigenvalue weighted by Gasteiger charge is -2.24. The van der Waals surface area contributed by atoms with Crippen LogP contribution in [0.2, 0.25) is 5.02 Å². The second kappa shape index (κ2) is 6.63. The Bertz CT molecular complexity index is 463. The minimum Gasteiger partial charge on any atom is -0.465 e. The molecular weight excluding hydrogens is 268 g/mol. The number of nitrogens with zero attached hydrogens (tertiary/aromatic N) is 1. The van der Waals surface area contributed by atoms with Crippen LogP contribution in [0, 0.1) is 0 Å². The molecule has 1 atom stereocenters. The minimum atomic E-state index is -0.493. The van der Waals surface area contributed by atoms with Gasteiger partial charge in [0.15, 0.2) is 0 Å². The number of hydrogen-bond acceptors (Lipinski definition) is 5. The van der Waals surface area contributed by atoms with Crippen molar-refractivity contribution in [2.45, 2.75) is 19.4 Å². The summed E-state index contributed by atoms with van der Waals surface area (Å²) >= 11 is 6.15. The molecule has 0 fully saturated rings. The van der Waals surface area contributed by atoms with E-state index >= 15 is 0 Å². The Labute approximate surface area is 117 Å². The fourth-order valence-corrected chi connectivity index (χ4v) is 2.14. The maximum atomic E-state index is 11.8. The van der Waals surface area contributed by atoms with Gasteiger partial charge >= 0.3 is 5.97 Å². The van der Waals surface area contributed by atoms with Gasteiger partial charge in [-0.1, -0.05) is 11.6 Å². The third-order valence-corrected chi connectivity index (χ3v) is 3.04. The van der Waals surface area contributed by atoms with Crippen LogP contribution in [0.3, 0.4) is 0 Å². The molecule has 0 aromatic heterocycles. The number of halogens is 1. The van der Waals surface area contributed by atoms with Crippen molar-refractivity contribution in [1.29, 1.82) is 0 Å². The molecular formula is C13H19ClN2O3. The van der Waals surface area contributed by atoms with Gasteiger partial charge in [-0.3, -0.25) is 0 Å². The Balaban J connectivity index is 3.13. The van der Waals surface area contributed by atoms with E-state index in [1.165, 1.54) is 13.2 Å². The number of anilines is 2. The summed E-state index contributed by atoms with van der Waals surface area (Å²) in [6.45, 7) is 2.27. The van der Waals surface area contributed by atoms with Gasteiger partial charge in [0.05, 0.1) is 29.5 Å². The summed E-state index contributed by atoms with van der Waals surface area (Å²) in [7, 11) is 3.10. The van der Waals surface area contributed by atoms with Crippen molar-refractivity contribution in [3.63, 3.8) is 0 Å². The highest BCUT2D eigenvalue weighted by Gasteiger charge is 2.19. The highest BCUT2D eigenvalue weighted by atomic mass is 35.5. The number of methoxy groups -OCH3 is 1. The van der Waals surface area contributed by atoms with E-state index in [0.717, 1.165) is 0 Å². The molecule has 0 heterocycles. The van der Waals surface area contributed by atoms with E-state index in [-0.39, 0.29) is 0 Å². The summed E-state index contributed by atoms with van der Waals surface area (Å²) in [5.41, 5.74) is 6.97. The zero-order valence-electron chi connectivity index (χ0n) is 11.3. The van der Waals surface area contributed by atoms with Crippen LogP contribution in [0.25, 0.3) is 0 Å². The second-order valence-electron chi connectivity index (χ2n) is 4.45. The average molecular weight is 287 g/mol. The summed E-state index contributed by atoms with van der Waals surface area (Å²) in [5.74, 6) is -0.493. The SMILES string of the molecule is COC(=O)c1cc(N)cc(Cl)c1N(C)CCC(C)O. The minimum absolute atomic E-state index is 0.320. The number of nitrogen functional groups attached to an aromatic ring is 1. The van der Waals surface area contributed by atoms with E-state index in [1.807, 2.05) is 0 Å². The van der Waals surface area contributed by atoms with Gasteiger partial charge < -0.3 is 20.5 Å². The zero-order chi connectivity index (χ0) is 14.6. The van der Waals surface area contributed by atoms with Crippen molar-refractivity contribution in [3.05, 3.63) is 22.7 Å². The predicted octanol–water partition coefficient (Wildman–Crippen LogP) is 1.92. The van der Waals surface area contributed by atoms with Crippen molar-refractivity contribution in [2.24, 2.45) is 0 Å². The molecule has 0 saturated carbocycles. The van der Waals surface area contributed by atoms with Crippen molar-refractivity contribution in [2.75, 3.05) is 31.3 Å². The number of aliphatic hydroxyl groups is 1. The highest BCUT2D eigenvalue weighted by Crippen LogP contribution is 2.32. The molecule has 0 bridgehead atoms. The number of nitrogens with two attached hydrogens (primary N) is 1. The molecule has 6 heteroatoms. The summed E-state index contributed by atoms with van der Waals surface area (Å²) in [6, 6.07) is 3.12. The zero-order valence-corrected chi connectivity index (χ0v) is 12.1. The fourth-order valence-electron chi connectivity index (χ4n) is 1.77. The first-order valence-corrected chi connectivity index (χ1v) is 6.31. The maximum Gasteiger partial charge on any atom is 0.340 e. The fraction of sp³-hybridized carbons (Fsp3) is 0.462. The Morgan fingerprint density at radius 1 is 1.58 bits per heavy atom. The molecule has 106 valence electrons. The molecule has 0 aliphatic heterocycles. The molecule has 0 aliphatic rings. The number of benzene rings is 1. The van der Waals surface area contributed by atoms with E-state index in [4.69, 9.17) is 22.1 Å². The highest BCUT2D eigenvalue weighted by molar-refractivity contribution is 6.34. The van der Waals surface area contributed by atoms with Gasteiger partial charge in [0.1, 0.15) is 0 Å². The molecule has 5 nitrogen and oxygen atoms in total. The number of carbonyl (C=O) groups is 1. The molecule has 19 heavy (non-hydrogen) atoms. The number of aliphatic hydroxyl groups excluding tert-OH is 1. The summed E-state index contributed by atoms with van der Waals surface area (Å²) in [4.78, 5) is 13.6. The van der Waals surface area contributed by atoms with Crippen molar-refractivity contribution >= 4 is 28.9 Å². The lowest BCUT2D eigenvalue weighted by Crippen LogP contribution is -2.24. The van der Waals surface area contributed by atoms with Crippen LogP contribution in [-0.4, -0.2) is 37.9 Å². The van der Waals surface area contributed by atoms with Gasteiger partial charge in [-0.2, -0.15) is 0 Å². The maximum absolute atomic E-state index is 11.8. The number of ether oxygens (including phenoxy) is 1. The van der Waals surface area contributed by atoms with Gasteiger partial charge in [-0.15, -0.1) is 0 Å². The molecule has 0 aliphatic carbocycles. The van der Waals surface area contributed by atoms with Crippen LogP contribution >= 0.6 is 11.6 Å². The van der Waals surface area contributed by atoms with Crippen LogP contribution < -0.4 is 10.6 Å². The Hall–Kier alpha value is -1.46. The average Bonchev–Trinajstić information content (AvgIpc) is 2.33. The van der Waals surface area contributed by atoms with Crippen LogP contribution in [0.4, 0.5) is 11.4 Å². The number of carbonyl (C=O) groups excluding carboxylic acids is 1. The van der Waals surface area contributed by atoms with Crippen molar-refractivity contribution < 1.29 is 14.6 Å². The molecule has 0 saturated heterocycles. The topological polar surface area (TPSA) is 75.8 Å². The lowest BCUT2D eigenvalue weighted by atomic mass is 10.1. The number of rotatable bonds is 5. The Morgan fingerprint density at radius 2 is 2.21 bits per heavy atom. The number of hydrogen-bond donors (Lipinski definition) is 2. The monoisotopic (exact) mass is 286 g/mol. The summed E-state index contributed by atoms with van der Waals surface area (Å²) < 4.78 is 4.73. The first-order chi connectivity index (χ1) is 8.86. The van der Waals surface area contributed by atoms with Gasteiger partial charge in [-0.05, 0) is 25.5 Å². The predicted molar refractivity (Wildman–Crippen MR) is 76.8 cm³/mol. The molecule has 0 radical (unpaired) electrons. The molecule has 1 aromatic carbocycles. The van der Waals surface area contributed by atoms with Gasteiger partial charge in [0, 0.05) is 19.3 Å². The van der Waals surface area contributed by atoms with E-state index in [9.17, 15) is 9.90 Å². The van der Waals surface area contributed by atoms with Gasteiger partial charge in [-0.25, -0.2) is 4.79 Å². The standard InChI is InChI=1S/C13H19ClN2O3/c1-8(17)4-5-16(2)12-10(13(18)19-3)6-9(15)7-11(12)14/h6-8,17H,4-5,15H2,1-3H3. The van der Waals surface area contributed by atoms with Crippen molar-refractivity contribution in [1.82, 2.24) is 0 Å². The molecule has 1 unspecified atom stereocenters. The van der Waals surface area contributed by atoms with Gasteiger partial charge in [0.25, 0.3) is 0 Å². The Morgan fingerprint density at radius 3 is 2.74 bits per heavy atom. The molecule has 0 amide bonds.